The molecule has 0 radical (unpaired) electrons. The zero-order valence-electron chi connectivity index (χ0n) is 15.7. The molecule has 0 aliphatic heterocycles. The number of rotatable bonds is 5. The molecule has 0 aliphatic carbocycles. The van der Waals surface area contributed by atoms with E-state index in [0.717, 1.165) is 10.1 Å². The minimum absolute atomic E-state index is 0.0364. The second kappa shape index (κ2) is 7.19. The van der Waals surface area contributed by atoms with Crippen LogP contribution in [0, 0.1) is 0 Å². The van der Waals surface area contributed by atoms with Crippen molar-refractivity contribution in [3.8, 4) is 0 Å². The summed E-state index contributed by atoms with van der Waals surface area (Å²) in [5, 5.41) is 10.2. The molecule has 1 N–H and O–H groups in total. The van der Waals surface area contributed by atoms with Gasteiger partial charge in [-0.15, -0.1) is 5.10 Å². The number of nitrogens with one attached hydrogen (secondary N) is 1. The van der Waals surface area contributed by atoms with Gasteiger partial charge in [0.15, 0.2) is 11.2 Å². The van der Waals surface area contributed by atoms with E-state index in [1.165, 1.54) is 29.6 Å². The molecule has 0 spiro atoms. The van der Waals surface area contributed by atoms with Gasteiger partial charge in [-0.25, -0.2) is 9.78 Å². The molecule has 4 aromatic rings. The largest absolute Gasteiger partial charge is 0.407 e. The highest BCUT2D eigenvalue weighted by Gasteiger charge is 2.17. The van der Waals surface area contributed by atoms with E-state index >= 15 is 0 Å². The van der Waals surface area contributed by atoms with E-state index in [-0.39, 0.29) is 23.7 Å². The van der Waals surface area contributed by atoms with Crippen LogP contribution in [0.5, 0.6) is 0 Å². The van der Waals surface area contributed by atoms with Gasteiger partial charge in [0, 0.05) is 14.1 Å². The molecule has 3 heterocycles. The second-order valence-corrected chi connectivity index (χ2v) is 6.46. The molecule has 29 heavy (non-hydrogen) atoms. The lowest BCUT2D eigenvalue weighted by atomic mass is 10.2. The smallest absolute Gasteiger partial charge is 0.332 e. The molecule has 1 amide bonds. The van der Waals surface area contributed by atoms with Crippen molar-refractivity contribution in [1.82, 2.24) is 28.9 Å². The molecule has 0 unspecified atom stereocenters. The molecule has 4 rings (SSSR count). The van der Waals surface area contributed by atoms with Crippen molar-refractivity contribution in [2.75, 3.05) is 5.32 Å². The Labute approximate surface area is 163 Å². The van der Waals surface area contributed by atoms with Crippen molar-refractivity contribution in [3.63, 3.8) is 0 Å². The summed E-state index contributed by atoms with van der Waals surface area (Å²) in [6.45, 7) is -0.208. The van der Waals surface area contributed by atoms with Crippen molar-refractivity contribution in [1.29, 1.82) is 0 Å². The van der Waals surface area contributed by atoms with Crippen LogP contribution in [0.3, 0.4) is 0 Å². The van der Waals surface area contributed by atoms with E-state index < -0.39 is 17.2 Å². The average molecular weight is 395 g/mol. The van der Waals surface area contributed by atoms with Crippen molar-refractivity contribution in [3.05, 3.63) is 69.0 Å². The molecule has 0 bridgehead atoms. The normalized spacial score (nSPS) is 11.1. The molecule has 11 heteroatoms. The number of hydrogen-bond acceptors (Lipinski definition) is 7. The standard InChI is InChI=1S/C18H17N7O4/c1-23-15-14(16(27)24(2)18(23)28)25(10-19-15)9-12(26)20-17-22-21-13(29-17)8-11-6-4-3-5-7-11/h3-7,10H,8-9H2,1-2H3,(H,20,22,26). The average Bonchev–Trinajstić information content (AvgIpc) is 3.32. The molecule has 0 atom stereocenters. The summed E-state index contributed by atoms with van der Waals surface area (Å²) in [4.78, 5) is 40.8. The molecule has 11 nitrogen and oxygen atoms in total. The molecule has 0 aliphatic rings. The van der Waals surface area contributed by atoms with Gasteiger partial charge >= 0.3 is 11.7 Å². The highest BCUT2D eigenvalue weighted by Crippen LogP contribution is 2.12. The Morgan fingerprint density at radius 3 is 2.62 bits per heavy atom. The van der Waals surface area contributed by atoms with Gasteiger partial charge < -0.3 is 8.98 Å². The number of benzene rings is 1. The molecule has 0 saturated carbocycles. The maximum atomic E-state index is 12.4. The topological polar surface area (TPSA) is 130 Å². The molecule has 1 aromatic carbocycles. The first-order valence-electron chi connectivity index (χ1n) is 8.71. The van der Waals surface area contributed by atoms with E-state index in [9.17, 15) is 14.4 Å². The summed E-state index contributed by atoms with van der Waals surface area (Å²) >= 11 is 0. The minimum atomic E-state index is -0.531. The number of nitrogens with zero attached hydrogens (tertiary/aromatic N) is 6. The fraction of sp³-hybridized carbons (Fsp3) is 0.222. The van der Waals surface area contributed by atoms with E-state index in [4.69, 9.17) is 4.42 Å². The van der Waals surface area contributed by atoms with Crippen LogP contribution in [0.2, 0.25) is 0 Å². The van der Waals surface area contributed by atoms with Crippen molar-refractivity contribution in [2.24, 2.45) is 14.1 Å². The summed E-state index contributed by atoms with van der Waals surface area (Å²) in [7, 11) is 2.88. The van der Waals surface area contributed by atoms with Gasteiger partial charge in [-0.3, -0.25) is 24.0 Å². The van der Waals surface area contributed by atoms with Gasteiger partial charge in [-0.1, -0.05) is 35.4 Å². The van der Waals surface area contributed by atoms with Gasteiger partial charge in [0.2, 0.25) is 11.8 Å². The molecule has 3 aromatic heterocycles. The predicted octanol–water partition coefficient (Wildman–Crippen LogP) is 0.0462. The van der Waals surface area contributed by atoms with Crippen LogP contribution in [0.25, 0.3) is 11.2 Å². The number of hydrogen-bond donors (Lipinski definition) is 1. The third-order valence-corrected chi connectivity index (χ3v) is 4.44. The van der Waals surface area contributed by atoms with Crippen LogP contribution in [0.15, 0.2) is 50.7 Å². The Morgan fingerprint density at radius 1 is 1.10 bits per heavy atom. The molecule has 148 valence electrons. The second-order valence-electron chi connectivity index (χ2n) is 6.46. The molecule has 0 fully saturated rings. The van der Waals surface area contributed by atoms with Gasteiger partial charge in [-0.05, 0) is 5.56 Å². The van der Waals surface area contributed by atoms with Crippen molar-refractivity contribution >= 4 is 23.1 Å². The van der Waals surface area contributed by atoms with Crippen LogP contribution >= 0.6 is 0 Å². The van der Waals surface area contributed by atoms with Crippen molar-refractivity contribution < 1.29 is 9.21 Å². The summed E-state index contributed by atoms with van der Waals surface area (Å²) in [6, 6.07) is 9.55. The van der Waals surface area contributed by atoms with E-state index in [2.05, 4.69) is 20.5 Å². The maximum Gasteiger partial charge on any atom is 0.332 e. The fourth-order valence-electron chi connectivity index (χ4n) is 2.98. The van der Waals surface area contributed by atoms with Gasteiger partial charge in [-0.2, -0.15) is 0 Å². The Bertz CT molecular complexity index is 1310. The summed E-state index contributed by atoms with van der Waals surface area (Å²) < 4.78 is 9.03. The number of carbonyl (C=O) groups is 1. The van der Waals surface area contributed by atoms with Gasteiger partial charge in [0.05, 0.1) is 12.7 Å². The molecule has 0 saturated heterocycles. The number of carbonyl (C=O) groups excluding carboxylic acids is 1. The van der Waals surface area contributed by atoms with Crippen LogP contribution < -0.4 is 16.6 Å². The number of fused-ring (bicyclic) bond motifs is 1. The summed E-state index contributed by atoms with van der Waals surface area (Å²) in [5.74, 6) is -0.112. The van der Waals surface area contributed by atoms with Crippen molar-refractivity contribution in [2.45, 2.75) is 13.0 Å². The van der Waals surface area contributed by atoms with Crippen LogP contribution in [-0.2, 0) is 31.9 Å². The number of imidazole rings is 1. The zero-order valence-corrected chi connectivity index (χ0v) is 15.7. The third-order valence-electron chi connectivity index (χ3n) is 4.44. The quantitative estimate of drug-likeness (QED) is 0.505. The Hall–Kier alpha value is -4.02. The van der Waals surface area contributed by atoms with E-state index in [1.54, 1.807) is 0 Å². The number of aryl methyl sites for hydroxylation is 1. The first-order chi connectivity index (χ1) is 13.9. The van der Waals surface area contributed by atoms with Crippen LogP contribution in [-0.4, -0.2) is 34.8 Å². The van der Waals surface area contributed by atoms with E-state index in [1.807, 2.05) is 30.3 Å². The number of aromatic nitrogens is 6. The first-order valence-corrected chi connectivity index (χ1v) is 8.71. The predicted molar refractivity (Wildman–Crippen MR) is 102 cm³/mol. The molecular formula is C18H17N7O4. The first kappa shape index (κ1) is 18.3. The van der Waals surface area contributed by atoms with Crippen LogP contribution in [0.1, 0.15) is 11.5 Å². The Kier molecular flexibility index (Phi) is 4.55. The Balaban J connectivity index is 1.51. The summed E-state index contributed by atoms with van der Waals surface area (Å²) in [5.41, 5.74) is 0.333. The lowest BCUT2D eigenvalue weighted by Gasteiger charge is -2.06. The highest BCUT2D eigenvalue weighted by atomic mass is 16.4. The number of amides is 1. The fourth-order valence-corrected chi connectivity index (χ4v) is 2.98. The number of anilines is 1. The van der Waals surface area contributed by atoms with Gasteiger partial charge in [0.25, 0.3) is 5.56 Å². The lowest BCUT2D eigenvalue weighted by Crippen LogP contribution is -2.37. The Morgan fingerprint density at radius 2 is 1.86 bits per heavy atom. The maximum absolute atomic E-state index is 12.4. The monoisotopic (exact) mass is 395 g/mol. The van der Waals surface area contributed by atoms with E-state index in [0.29, 0.717) is 12.3 Å². The minimum Gasteiger partial charge on any atom is -0.407 e. The summed E-state index contributed by atoms with van der Waals surface area (Å²) in [6.07, 6.45) is 1.78. The lowest BCUT2D eigenvalue weighted by molar-refractivity contribution is -0.116. The SMILES string of the molecule is Cn1c(=O)c2c(ncn2CC(=O)Nc2nnc(Cc3ccccc3)o2)n(C)c1=O. The third kappa shape index (κ3) is 3.45. The molecular weight excluding hydrogens is 378 g/mol. The highest BCUT2D eigenvalue weighted by molar-refractivity contribution is 5.89. The van der Waals surface area contributed by atoms with Gasteiger partial charge in [0.1, 0.15) is 6.54 Å². The van der Waals surface area contributed by atoms with Crippen LogP contribution in [0.4, 0.5) is 6.01 Å². The zero-order chi connectivity index (χ0) is 20.5.